The first-order valence-electron chi connectivity index (χ1n) is 10.4. The van der Waals surface area contributed by atoms with Gasteiger partial charge < -0.3 is 15.2 Å². The van der Waals surface area contributed by atoms with E-state index in [9.17, 15) is 9.59 Å². The molecule has 1 atom stereocenters. The van der Waals surface area contributed by atoms with Crippen LogP contribution in [0.15, 0.2) is 64.7 Å². The van der Waals surface area contributed by atoms with Gasteiger partial charge in [-0.3, -0.25) is 9.59 Å². The molecule has 2 N–H and O–H groups in total. The molecule has 0 saturated carbocycles. The first-order chi connectivity index (χ1) is 15.8. The zero-order valence-electron chi connectivity index (χ0n) is 18.8. The maximum absolute atomic E-state index is 12.7. The van der Waals surface area contributed by atoms with Crippen LogP contribution in [-0.4, -0.2) is 32.3 Å². The number of hydrogen-bond acceptors (Lipinski definition) is 5. The zero-order chi connectivity index (χ0) is 24.0. The number of aryl methyl sites for hydroxylation is 2. The van der Waals surface area contributed by atoms with Crippen LogP contribution >= 0.6 is 27.7 Å². The van der Waals surface area contributed by atoms with Crippen molar-refractivity contribution < 1.29 is 9.59 Å². The normalized spacial score (nSPS) is 11.6. The summed E-state index contributed by atoms with van der Waals surface area (Å²) in [4.78, 5) is 25.2. The first kappa shape index (κ1) is 24.7. The third-order valence-corrected chi connectivity index (χ3v) is 6.81. The summed E-state index contributed by atoms with van der Waals surface area (Å²) in [5, 5.41) is 15.0. The summed E-state index contributed by atoms with van der Waals surface area (Å²) < 4.78 is 2.85. The topological polar surface area (TPSA) is 88.9 Å². The predicted octanol–water partition coefficient (Wildman–Crippen LogP) is 5.07. The van der Waals surface area contributed by atoms with Gasteiger partial charge in [0.25, 0.3) is 5.91 Å². The Morgan fingerprint density at radius 1 is 1.18 bits per heavy atom. The van der Waals surface area contributed by atoms with Crippen LogP contribution in [0.4, 0.5) is 5.69 Å². The van der Waals surface area contributed by atoms with Crippen LogP contribution in [0.25, 0.3) is 0 Å². The largest absolute Gasteiger partial charge is 0.342 e. The van der Waals surface area contributed by atoms with Crippen molar-refractivity contribution >= 4 is 45.2 Å². The second-order valence-corrected chi connectivity index (χ2v) is 9.35. The molecule has 0 spiro atoms. The number of thioether (sulfide) groups is 1. The van der Waals surface area contributed by atoms with Gasteiger partial charge >= 0.3 is 0 Å². The monoisotopic (exact) mass is 527 g/mol. The van der Waals surface area contributed by atoms with Gasteiger partial charge in [-0.05, 0) is 56.2 Å². The van der Waals surface area contributed by atoms with E-state index in [2.05, 4.69) is 43.3 Å². The number of benzene rings is 2. The molecule has 0 aliphatic rings. The summed E-state index contributed by atoms with van der Waals surface area (Å²) >= 11 is 4.74. The number of carbonyl (C=O) groups excluding carboxylic acids is 2. The molecule has 0 fully saturated rings. The number of halogens is 1. The Hall–Kier alpha value is -2.91. The summed E-state index contributed by atoms with van der Waals surface area (Å²) in [5.74, 6) is 0.460. The minimum Gasteiger partial charge on any atom is -0.342 e. The van der Waals surface area contributed by atoms with Gasteiger partial charge in [0.1, 0.15) is 0 Å². The Morgan fingerprint density at radius 2 is 1.94 bits per heavy atom. The molecule has 0 radical (unpaired) electrons. The molecule has 0 unspecified atom stereocenters. The molecule has 172 valence electrons. The Balaban J connectivity index is 1.67. The van der Waals surface area contributed by atoms with E-state index in [1.807, 2.05) is 61.7 Å². The van der Waals surface area contributed by atoms with E-state index < -0.39 is 0 Å². The molecule has 3 rings (SSSR count). The smallest absolute Gasteiger partial charge is 0.252 e. The van der Waals surface area contributed by atoms with E-state index in [0.717, 1.165) is 21.3 Å². The highest BCUT2D eigenvalue weighted by molar-refractivity contribution is 9.10. The van der Waals surface area contributed by atoms with E-state index in [0.29, 0.717) is 23.1 Å². The van der Waals surface area contributed by atoms with Gasteiger partial charge in [0.05, 0.1) is 11.8 Å². The van der Waals surface area contributed by atoms with Crippen molar-refractivity contribution in [3.8, 4) is 0 Å². The molecule has 7 nitrogen and oxygen atoms in total. The van der Waals surface area contributed by atoms with E-state index in [4.69, 9.17) is 0 Å². The second-order valence-electron chi connectivity index (χ2n) is 7.55. The molecule has 1 heterocycles. The highest BCUT2D eigenvalue weighted by Gasteiger charge is 2.21. The fourth-order valence-electron chi connectivity index (χ4n) is 3.24. The molecule has 9 heteroatoms. The van der Waals surface area contributed by atoms with Gasteiger partial charge in [0.2, 0.25) is 5.91 Å². The molecule has 0 saturated heterocycles. The van der Waals surface area contributed by atoms with Gasteiger partial charge in [-0.1, -0.05) is 52.0 Å². The molecule has 33 heavy (non-hydrogen) atoms. The van der Waals surface area contributed by atoms with Crippen molar-refractivity contribution in [1.29, 1.82) is 0 Å². The van der Waals surface area contributed by atoms with Crippen LogP contribution in [0.5, 0.6) is 0 Å². The minimum atomic E-state index is -0.376. The first-order valence-corrected chi connectivity index (χ1v) is 12.2. The van der Waals surface area contributed by atoms with E-state index >= 15 is 0 Å². The number of nitrogens with zero attached hydrogens (tertiary/aromatic N) is 3. The standard InChI is InChI=1S/C24H26BrN5O2S/c1-5-12-30-22(17(4)26-23(32)19-9-7-6-8-15(19)2)28-29-24(30)33-14-21(31)27-18-10-11-20(25)16(3)13-18/h5-11,13,17H,1,12,14H2,2-4H3,(H,26,32)(H,27,31)/t17-/m0/s1. The van der Waals surface area contributed by atoms with Crippen molar-refractivity contribution in [2.24, 2.45) is 0 Å². The highest BCUT2D eigenvalue weighted by Crippen LogP contribution is 2.23. The van der Waals surface area contributed by atoms with Crippen molar-refractivity contribution in [1.82, 2.24) is 20.1 Å². The number of aromatic nitrogens is 3. The van der Waals surface area contributed by atoms with Crippen LogP contribution < -0.4 is 10.6 Å². The lowest BCUT2D eigenvalue weighted by molar-refractivity contribution is -0.113. The van der Waals surface area contributed by atoms with Crippen molar-refractivity contribution in [3.63, 3.8) is 0 Å². The fourth-order valence-corrected chi connectivity index (χ4v) is 4.25. The number of nitrogens with one attached hydrogen (secondary N) is 2. The fraction of sp³-hybridized carbons (Fsp3) is 0.250. The second kappa shape index (κ2) is 11.3. The molecule has 3 aromatic rings. The predicted molar refractivity (Wildman–Crippen MR) is 136 cm³/mol. The number of allylic oxidation sites excluding steroid dienone is 1. The van der Waals surface area contributed by atoms with E-state index in [-0.39, 0.29) is 23.6 Å². The van der Waals surface area contributed by atoms with Crippen LogP contribution in [0.2, 0.25) is 0 Å². The van der Waals surface area contributed by atoms with Gasteiger partial charge in [-0.25, -0.2) is 0 Å². The quantitative estimate of drug-likeness (QED) is 0.299. The molecule has 2 aromatic carbocycles. The summed E-state index contributed by atoms with van der Waals surface area (Å²) in [6.45, 7) is 9.99. The Bertz CT molecular complexity index is 1180. The third kappa shape index (κ3) is 6.33. The third-order valence-electron chi connectivity index (χ3n) is 4.96. The average molecular weight is 528 g/mol. The van der Waals surface area contributed by atoms with Gasteiger partial charge in [0.15, 0.2) is 11.0 Å². The van der Waals surface area contributed by atoms with Crippen LogP contribution in [0.1, 0.15) is 40.3 Å². The molecule has 2 amide bonds. The maximum atomic E-state index is 12.7. The lowest BCUT2D eigenvalue weighted by Crippen LogP contribution is -2.29. The van der Waals surface area contributed by atoms with Gasteiger partial charge in [-0.15, -0.1) is 16.8 Å². The molecule has 0 aliphatic heterocycles. The number of amides is 2. The van der Waals surface area contributed by atoms with E-state index in [1.54, 1.807) is 12.1 Å². The zero-order valence-corrected chi connectivity index (χ0v) is 21.2. The van der Waals surface area contributed by atoms with Crippen molar-refractivity contribution in [2.75, 3.05) is 11.1 Å². The summed E-state index contributed by atoms with van der Waals surface area (Å²) in [7, 11) is 0. The van der Waals surface area contributed by atoms with Crippen molar-refractivity contribution in [2.45, 2.75) is 38.5 Å². The number of hydrogen-bond donors (Lipinski definition) is 2. The average Bonchev–Trinajstić information content (AvgIpc) is 3.18. The van der Waals surface area contributed by atoms with Crippen LogP contribution in [0.3, 0.4) is 0 Å². The lowest BCUT2D eigenvalue weighted by Gasteiger charge is -2.16. The number of rotatable bonds is 9. The van der Waals surface area contributed by atoms with Crippen LogP contribution in [-0.2, 0) is 11.3 Å². The van der Waals surface area contributed by atoms with Gasteiger partial charge in [0, 0.05) is 22.3 Å². The summed E-state index contributed by atoms with van der Waals surface area (Å²) in [6, 6.07) is 12.7. The summed E-state index contributed by atoms with van der Waals surface area (Å²) in [6.07, 6.45) is 1.73. The molecular weight excluding hydrogens is 502 g/mol. The molecule has 0 bridgehead atoms. The molecular formula is C24H26BrN5O2S. The van der Waals surface area contributed by atoms with Crippen LogP contribution in [0, 0.1) is 13.8 Å². The molecule has 0 aliphatic carbocycles. The maximum Gasteiger partial charge on any atom is 0.252 e. The minimum absolute atomic E-state index is 0.141. The number of anilines is 1. The van der Waals surface area contributed by atoms with E-state index in [1.165, 1.54) is 11.8 Å². The Labute approximate surface area is 206 Å². The molecule has 1 aromatic heterocycles. The summed E-state index contributed by atoms with van der Waals surface area (Å²) in [5.41, 5.74) is 3.30. The van der Waals surface area contributed by atoms with Crippen molar-refractivity contribution in [3.05, 3.63) is 82.1 Å². The number of carbonyl (C=O) groups is 2. The van der Waals surface area contributed by atoms with Gasteiger partial charge in [-0.2, -0.15) is 0 Å². The Kier molecular flexibility index (Phi) is 8.46. The highest BCUT2D eigenvalue weighted by atomic mass is 79.9. The Morgan fingerprint density at radius 3 is 2.64 bits per heavy atom. The lowest BCUT2D eigenvalue weighted by atomic mass is 10.1. The SMILES string of the molecule is C=CCn1c(SCC(=O)Nc2ccc(Br)c(C)c2)nnc1[C@H](C)NC(=O)c1ccccc1C.